The van der Waals surface area contributed by atoms with Crippen molar-refractivity contribution in [3.05, 3.63) is 46.9 Å². The van der Waals surface area contributed by atoms with Gasteiger partial charge in [-0.1, -0.05) is 11.6 Å². The predicted molar refractivity (Wildman–Crippen MR) is 113 cm³/mol. The summed E-state index contributed by atoms with van der Waals surface area (Å²) in [4.78, 5) is 28.5. The lowest BCUT2D eigenvalue weighted by Crippen LogP contribution is -2.28. The first-order valence-electron chi connectivity index (χ1n) is 9.33. The van der Waals surface area contributed by atoms with E-state index in [1.807, 2.05) is 6.92 Å². The minimum absolute atomic E-state index is 0.00141. The Kier molecular flexibility index (Phi) is 5.34. The van der Waals surface area contributed by atoms with Gasteiger partial charge in [0.1, 0.15) is 16.8 Å². The summed E-state index contributed by atoms with van der Waals surface area (Å²) in [6, 6.07) is 2.78. The zero-order valence-electron chi connectivity index (χ0n) is 16.5. The van der Waals surface area contributed by atoms with Crippen LogP contribution in [0.2, 0.25) is 5.02 Å². The number of nitrogens with one attached hydrogen (secondary N) is 3. The van der Waals surface area contributed by atoms with E-state index in [-0.39, 0.29) is 17.0 Å². The molecule has 0 aliphatic rings. The SMILES string of the molecule is CCOc1c(C(C)NC(=O)c2c(NC(=O)O)nn3cccnc23)cc(Cl)c2cn[nH]c12. The molecule has 0 saturated heterocycles. The van der Waals surface area contributed by atoms with Gasteiger partial charge in [-0.2, -0.15) is 5.10 Å². The molecule has 0 spiro atoms. The molecule has 160 valence electrons. The molecule has 3 aromatic heterocycles. The van der Waals surface area contributed by atoms with E-state index in [0.717, 1.165) is 0 Å². The van der Waals surface area contributed by atoms with E-state index >= 15 is 0 Å². The number of ether oxygens (including phenoxy) is 1. The number of fused-ring (bicyclic) bond motifs is 2. The number of anilines is 1. The summed E-state index contributed by atoms with van der Waals surface area (Å²) in [6.07, 6.45) is 3.30. The van der Waals surface area contributed by atoms with Crippen LogP contribution < -0.4 is 15.4 Å². The van der Waals surface area contributed by atoms with Crippen LogP contribution in [0.3, 0.4) is 0 Å². The number of aromatic amines is 1. The molecule has 4 aromatic rings. The number of hydrogen-bond acceptors (Lipinski definition) is 6. The van der Waals surface area contributed by atoms with Gasteiger partial charge in [-0.3, -0.25) is 15.2 Å². The lowest BCUT2D eigenvalue weighted by Gasteiger charge is -2.19. The molecule has 1 aromatic carbocycles. The lowest BCUT2D eigenvalue weighted by atomic mass is 10.0. The number of hydrogen-bond donors (Lipinski definition) is 4. The van der Waals surface area contributed by atoms with Gasteiger partial charge in [-0.15, -0.1) is 5.10 Å². The highest BCUT2D eigenvalue weighted by Crippen LogP contribution is 2.37. The summed E-state index contributed by atoms with van der Waals surface area (Å²) >= 11 is 6.39. The highest BCUT2D eigenvalue weighted by atomic mass is 35.5. The molecule has 11 nitrogen and oxygen atoms in total. The Morgan fingerprint density at radius 3 is 2.97 bits per heavy atom. The zero-order valence-corrected chi connectivity index (χ0v) is 17.3. The standard InChI is InChI=1S/C19H18ClN7O4/c1-3-31-15-10(7-12(20)11-8-22-25-14(11)15)9(2)23-18(28)13-16(24-19(29)30)26-27-6-4-5-21-17(13)27/h4-9H,3H2,1-2H3,(H,22,25)(H,23,28)(H,24,26)(H,29,30). The molecule has 0 fully saturated rings. The van der Waals surface area contributed by atoms with Gasteiger partial charge in [0.2, 0.25) is 0 Å². The molecule has 0 aliphatic carbocycles. The highest BCUT2D eigenvalue weighted by Gasteiger charge is 2.26. The van der Waals surface area contributed by atoms with E-state index in [4.69, 9.17) is 21.4 Å². The molecular weight excluding hydrogens is 426 g/mol. The van der Waals surface area contributed by atoms with Crippen LogP contribution in [-0.2, 0) is 0 Å². The van der Waals surface area contributed by atoms with Gasteiger partial charge in [-0.25, -0.2) is 14.3 Å². The fourth-order valence-corrected chi connectivity index (χ4v) is 3.58. The third kappa shape index (κ3) is 3.70. The summed E-state index contributed by atoms with van der Waals surface area (Å²) in [5, 5.41) is 26.2. The summed E-state index contributed by atoms with van der Waals surface area (Å²) in [6.45, 7) is 4.00. The van der Waals surface area contributed by atoms with Crippen LogP contribution in [0.4, 0.5) is 10.6 Å². The molecule has 0 bridgehead atoms. The second kappa shape index (κ2) is 8.11. The van der Waals surface area contributed by atoms with Gasteiger partial charge >= 0.3 is 6.09 Å². The van der Waals surface area contributed by atoms with Crippen molar-refractivity contribution >= 4 is 46.0 Å². The number of carbonyl (C=O) groups is 2. The Morgan fingerprint density at radius 2 is 2.23 bits per heavy atom. The zero-order chi connectivity index (χ0) is 22.1. The maximum atomic E-state index is 13.1. The number of halogens is 1. The van der Waals surface area contributed by atoms with Gasteiger partial charge in [0.05, 0.1) is 23.9 Å². The summed E-state index contributed by atoms with van der Waals surface area (Å²) in [5.74, 6) is -0.162. The smallest absolute Gasteiger partial charge is 0.410 e. The third-order valence-electron chi connectivity index (χ3n) is 4.62. The van der Waals surface area contributed by atoms with Gasteiger partial charge in [0.15, 0.2) is 11.5 Å². The molecule has 1 atom stereocenters. The van der Waals surface area contributed by atoms with E-state index < -0.39 is 18.0 Å². The van der Waals surface area contributed by atoms with Gasteiger partial charge < -0.3 is 15.2 Å². The first-order valence-corrected chi connectivity index (χ1v) is 9.71. The number of nitrogens with zero attached hydrogens (tertiary/aromatic N) is 4. The average Bonchev–Trinajstić information content (AvgIpc) is 3.34. The predicted octanol–water partition coefficient (Wildman–Crippen LogP) is 3.24. The number of H-pyrrole nitrogens is 1. The van der Waals surface area contributed by atoms with Crippen LogP contribution in [0.15, 0.2) is 30.7 Å². The molecule has 1 unspecified atom stereocenters. The van der Waals surface area contributed by atoms with Crippen molar-refractivity contribution in [2.45, 2.75) is 19.9 Å². The van der Waals surface area contributed by atoms with Gasteiger partial charge in [0, 0.05) is 23.3 Å². The Bertz CT molecular complexity index is 1300. The molecule has 0 aliphatic heterocycles. The van der Waals surface area contributed by atoms with E-state index in [1.165, 1.54) is 10.7 Å². The summed E-state index contributed by atoms with van der Waals surface area (Å²) in [7, 11) is 0. The van der Waals surface area contributed by atoms with Crippen molar-refractivity contribution in [1.29, 1.82) is 0 Å². The van der Waals surface area contributed by atoms with Gasteiger partial charge in [-0.05, 0) is 26.0 Å². The van der Waals surface area contributed by atoms with Crippen LogP contribution in [0, 0.1) is 0 Å². The fraction of sp³-hybridized carbons (Fsp3) is 0.211. The van der Waals surface area contributed by atoms with Crippen molar-refractivity contribution in [2.75, 3.05) is 11.9 Å². The van der Waals surface area contributed by atoms with Crippen molar-refractivity contribution in [3.63, 3.8) is 0 Å². The van der Waals surface area contributed by atoms with Gasteiger partial charge in [0.25, 0.3) is 5.91 Å². The molecule has 12 heteroatoms. The van der Waals surface area contributed by atoms with Crippen LogP contribution in [0.1, 0.15) is 35.8 Å². The van der Waals surface area contributed by atoms with Crippen LogP contribution in [0.25, 0.3) is 16.6 Å². The molecule has 2 amide bonds. The highest BCUT2D eigenvalue weighted by molar-refractivity contribution is 6.35. The molecule has 31 heavy (non-hydrogen) atoms. The Labute approximate surface area is 180 Å². The minimum Gasteiger partial charge on any atom is -0.491 e. The average molecular weight is 444 g/mol. The normalized spacial score (nSPS) is 12.1. The largest absolute Gasteiger partial charge is 0.491 e. The number of carboxylic acid groups (broad SMARTS) is 1. The second-order valence-electron chi connectivity index (χ2n) is 6.61. The Morgan fingerprint density at radius 1 is 1.42 bits per heavy atom. The molecule has 3 heterocycles. The first kappa shape index (κ1) is 20.4. The molecule has 4 rings (SSSR count). The lowest BCUT2D eigenvalue weighted by molar-refractivity contribution is 0.0941. The first-order chi connectivity index (χ1) is 14.9. The maximum Gasteiger partial charge on any atom is 0.410 e. The Hall–Kier alpha value is -3.86. The third-order valence-corrected chi connectivity index (χ3v) is 4.93. The topological polar surface area (TPSA) is 147 Å². The number of rotatable bonds is 6. The molecule has 0 saturated carbocycles. The van der Waals surface area contributed by atoms with Crippen molar-refractivity contribution < 1.29 is 19.4 Å². The van der Waals surface area contributed by atoms with E-state index in [0.29, 0.717) is 33.8 Å². The molecule has 4 N–H and O–H groups in total. The monoisotopic (exact) mass is 443 g/mol. The van der Waals surface area contributed by atoms with Crippen LogP contribution in [0.5, 0.6) is 5.75 Å². The summed E-state index contributed by atoms with van der Waals surface area (Å²) < 4.78 is 7.13. The minimum atomic E-state index is -1.35. The second-order valence-corrected chi connectivity index (χ2v) is 7.01. The fourth-order valence-electron chi connectivity index (χ4n) is 3.32. The number of aromatic nitrogens is 5. The van der Waals surface area contributed by atoms with E-state index in [1.54, 1.807) is 31.5 Å². The van der Waals surface area contributed by atoms with Crippen molar-refractivity contribution in [2.24, 2.45) is 0 Å². The number of benzene rings is 1. The molecule has 0 radical (unpaired) electrons. The number of carbonyl (C=O) groups excluding carboxylic acids is 1. The maximum absolute atomic E-state index is 13.1. The van der Waals surface area contributed by atoms with Crippen molar-refractivity contribution in [1.82, 2.24) is 30.1 Å². The number of amides is 2. The van der Waals surface area contributed by atoms with E-state index in [9.17, 15) is 9.59 Å². The van der Waals surface area contributed by atoms with Crippen molar-refractivity contribution in [3.8, 4) is 5.75 Å². The summed E-state index contributed by atoms with van der Waals surface area (Å²) in [5.41, 5.74) is 1.47. The molecular formula is C19H18ClN7O4. The quantitative estimate of drug-likeness (QED) is 0.357. The Balaban J connectivity index is 1.73. The van der Waals surface area contributed by atoms with Crippen LogP contribution in [-0.4, -0.2) is 48.5 Å². The van der Waals surface area contributed by atoms with Crippen LogP contribution >= 0.6 is 11.6 Å². The van der Waals surface area contributed by atoms with E-state index in [2.05, 4.69) is 30.9 Å².